The fourth-order valence-corrected chi connectivity index (χ4v) is 2.23. The molecule has 1 aliphatic rings. The van der Waals surface area contributed by atoms with Crippen LogP contribution in [0.5, 0.6) is 0 Å². The molecule has 0 saturated carbocycles. The monoisotopic (exact) mass is 266 g/mol. The van der Waals surface area contributed by atoms with Gasteiger partial charge in [-0.2, -0.15) is 5.11 Å². The highest BCUT2D eigenvalue weighted by Crippen LogP contribution is 2.24. The highest BCUT2D eigenvalue weighted by Gasteiger charge is 2.25. The second kappa shape index (κ2) is 5.21. The van der Waals surface area contributed by atoms with Crippen molar-refractivity contribution in [3.05, 3.63) is 65.9 Å². The molecule has 2 heterocycles. The van der Waals surface area contributed by atoms with Crippen LogP contribution in [-0.4, -0.2) is 15.5 Å². The van der Waals surface area contributed by atoms with Gasteiger partial charge in [0.15, 0.2) is 0 Å². The maximum atomic E-state index is 11.9. The van der Waals surface area contributed by atoms with Gasteiger partial charge in [-0.05, 0) is 18.6 Å². The van der Waals surface area contributed by atoms with Crippen LogP contribution < -0.4 is 0 Å². The smallest absolute Gasteiger partial charge is 0.279 e. The Morgan fingerprint density at radius 3 is 2.80 bits per heavy atom. The molecule has 0 N–H and O–H groups in total. The summed E-state index contributed by atoms with van der Waals surface area (Å²) < 4.78 is 1.97. The van der Waals surface area contributed by atoms with Gasteiger partial charge in [0.2, 0.25) is 0 Å². The molecule has 0 radical (unpaired) electrons. The highest BCUT2D eigenvalue weighted by molar-refractivity contribution is 5.86. The number of carbonyl (C=O) groups excluding carboxylic acids is 1. The van der Waals surface area contributed by atoms with E-state index in [4.69, 9.17) is 0 Å². The van der Waals surface area contributed by atoms with Crippen molar-refractivity contribution in [2.75, 3.05) is 0 Å². The Kier molecular flexibility index (Phi) is 3.25. The van der Waals surface area contributed by atoms with E-state index >= 15 is 0 Å². The van der Waals surface area contributed by atoms with Crippen LogP contribution in [0, 0.1) is 0 Å². The molecule has 1 aromatic heterocycles. The number of nitrogens with zero attached hydrogens (tertiary/aromatic N) is 4. The van der Waals surface area contributed by atoms with E-state index in [2.05, 4.69) is 15.2 Å². The lowest BCUT2D eigenvalue weighted by Crippen LogP contribution is -2.16. The summed E-state index contributed by atoms with van der Waals surface area (Å²) in [5.41, 5.74) is 1.90. The number of rotatable bonds is 3. The maximum absolute atomic E-state index is 11.9. The van der Waals surface area contributed by atoms with Gasteiger partial charge < -0.3 is 4.57 Å². The van der Waals surface area contributed by atoms with Gasteiger partial charge in [-0.15, -0.1) is 5.11 Å². The van der Waals surface area contributed by atoms with Gasteiger partial charge in [-0.25, -0.2) is 4.98 Å². The molecule has 0 spiro atoms. The quantitative estimate of drug-likeness (QED) is 0.857. The summed E-state index contributed by atoms with van der Waals surface area (Å²) in [7, 11) is 0. The molecule has 3 rings (SSSR count). The van der Waals surface area contributed by atoms with Crippen LogP contribution in [-0.2, 0) is 11.3 Å². The zero-order valence-corrected chi connectivity index (χ0v) is 11.1. The van der Waals surface area contributed by atoms with Crippen LogP contribution in [0.4, 0.5) is 0 Å². The number of hydrogen-bond acceptors (Lipinski definition) is 3. The first-order valence-electron chi connectivity index (χ1n) is 6.43. The number of imidazole rings is 1. The summed E-state index contributed by atoms with van der Waals surface area (Å²) in [6.45, 7) is 2.51. The minimum absolute atomic E-state index is 0.267. The molecule has 1 unspecified atom stereocenters. The van der Waals surface area contributed by atoms with E-state index in [1.165, 1.54) is 0 Å². The zero-order valence-electron chi connectivity index (χ0n) is 11.1. The molecule has 2 aromatic rings. The van der Waals surface area contributed by atoms with Crippen molar-refractivity contribution in [1.82, 2.24) is 9.55 Å². The Bertz CT molecular complexity index is 685. The summed E-state index contributed by atoms with van der Waals surface area (Å²) in [5, 5.41) is 7.45. The summed E-state index contributed by atoms with van der Waals surface area (Å²) in [6.07, 6.45) is 5.39. The molecule has 1 aliphatic heterocycles. The largest absolute Gasteiger partial charge is 0.330 e. The average Bonchev–Trinajstić information content (AvgIpc) is 2.91. The first kappa shape index (κ1) is 12.5. The predicted octanol–water partition coefficient (Wildman–Crippen LogP) is 2.91. The van der Waals surface area contributed by atoms with Gasteiger partial charge >= 0.3 is 0 Å². The van der Waals surface area contributed by atoms with Gasteiger partial charge in [0, 0.05) is 18.9 Å². The third-order valence-electron chi connectivity index (χ3n) is 3.20. The number of hydrogen-bond donors (Lipinski definition) is 0. The van der Waals surface area contributed by atoms with Crippen LogP contribution in [0.15, 0.2) is 64.7 Å². The molecular weight excluding hydrogens is 252 g/mol. The highest BCUT2D eigenvalue weighted by atomic mass is 16.2. The van der Waals surface area contributed by atoms with Crippen LogP contribution in [0.2, 0.25) is 0 Å². The third-order valence-corrected chi connectivity index (χ3v) is 3.20. The van der Waals surface area contributed by atoms with Crippen molar-refractivity contribution in [2.45, 2.75) is 19.4 Å². The topological polar surface area (TPSA) is 59.6 Å². The minimum atomic E-state index is -0.439. The second-order valence-corrected chi connectivity index (χ2v) is 4.72. The first-order chi connectivity index (χ1) is 9.74. The molecule has 20 heavy (non-hydrogen) atoms. The third kappa shape index (κ3) is 2.42. The molecule has 5 nitrogen and oxygen atoms in total. The zero-order chi connectivity index (χ0) is 13.9. The number of amides is 1. The molecular formula is C15H14N4O. The lowest BCUT2D eigenvalue weighted by atomic mass is 10.1. The molecule has 0 fully saturated rings. The lowest BCUT2D eigenvalue weighted by molar-refractivity contribution is -0.119. The summed E-state index contributed by atoms with van der Waals surface area (Å²) in [6, 6.07) is 10.1. The van der Waals surface area contributed by atoms with E-state index in [1.807, 2.05) is 48.0 Å². The maximum Gasteiger partial charge on any atom is 0.279 e. The number of carbonyl (C=O) groups is 1. The summed E-state index contributed by atoms with van der Waals surface area (Å²) >= 11 is 0. The second-order valence-electron chi connectivity index (χ2n) is 4.72. The summed E-state index contributed by atoms with van der Waals surface area (Å²) in [4.78, 5) is 16.2. The van der Waals surface area contributed by atoms with Gasteiger partial charge in [-0.1, -0.05) is 30.3 Å². The number of aromatic nitrogens is 2. The van der Waals surface area contributed by atoms with E-state index in [1.54, 1.807) is 12.3 Å². The number of azo groups is 1. The van der Waals surface area contributed by atoms with E-state index in [0.29, 0.717) is 12.4 Å². The van der Waals surface area contributed by atoms with E-state index in [0.717, 1.165) is 11.3 Å². The van der Waals surface area contributed by atoms with E-state index in [9.17, 15) is 4.79 Å². The average molecular weight is 266 g/mol. The van der Waals surface area contributed by atoms with Crippen molar-refractivity contribution in [3.8, 4) is 0 Å². The number of benzene rings is 1. The molecule has 1 aromatic carbocycles. The molecule has 0 bridgehead atoms. The Labute approximate surface area is 116 Å². The van der Waals surface area contributed by atoms with E-state index < -0.39 is 5.92 Å². The Hall–Kier alpha value is -2.56. The minimum Gasteiger partial charge on any atom is -0.330 e. The van der Waals surface area contributed by atoms with Crippen molar-refractivity contribution >= 4 is 5.91 Å². The van der Waals surface area contributed by atoms with Gasteiger partial charge in [0.25, 0.3) is 5.91 Å². The van der Waals surface area contributed by atoms with Gasteiger partial charge in [0.05, 0.1) is 5.70 Å². The molecule has 1 amide bonds. The van der Waals surface area contributed by atoms with Gasteiger partial charge in [-0.3, -0.25) is 4.79 Å². The standard InChI is InChI=1S/C15H14N4O/c1-11-9-13(15(20)18-17-11)14-16-7-8-19(14)10-12-5-3-2-4-6-12/h2-9,13H,10H2,1H3. The van der Waals surface area contributed by atoms with Gasteiger partial charge in [0.1, 0.15) is 11.7 Å². The van der Waals surface area contributed by atoms with E-state index in [-0.39, 0.29) is 5.91 Å². The molecule has 0 saturated heterocycles. The van der Waals surface area contributed by atoms with Crippen molar-refractivity contribution in [2.24, 2.45) is 10.2 Å². The van der Waals surface area contributed by atoms with Crippen LogP contribution >= 0.6 is 0 Å². The van der Waals surface area contributed by atoms with Crippen LogP contribution in [0.25, 0.3) is 0 Å². The van der Waals surface area contributed by atoms with Crippen LogP contribution in [0.1, 0.15) is 24.2 Å². The fourth-order valence-electron chi connectivity index (χ4n) is 2.23. The first-order valence-corrected chi connectivity index (χ1v) is 6.43. The summed E-state index contributed by atoms with van der Waals surface area (Å²) in [5.74, 6) is -0.000762. The fraction of sp³-hybridized carbons (Fsp3) is 0.200. The Morgan fingerprint density at radius 2 is 2.00 bits per heavy atom. The lowest BCUT2D eigenvalue weighted by Gasteiger charge is -2.14. The van der Waals surface area contributed by atoms with Crippen molar-refractivity contribution in [3.63, 3.8) is 0 Å². The Morgan fingerprint density at radius 1 is 1.20 bits per heavy atom. The Balaban J connectivity index is 1.91. The van der Waals surface area contributed by atoms with Crippen molar-refractivity contribution < 1.29 is 4.79 Å². The molecule has 100 valence electrons. The molecule has 1 atom stereocenters. The predicted molar refractivity (Wildman–Crippen MR) is 74.1 cm³/mol. The molecule has 5 heteroatoms. The van der Waals surface area contributed by atoms with Crippen molar-refractivity contribution in [1.29, 1.82) is 0 Å². The molecule has 0 aliphatic carbocycles. The number of allylic oxidation sites excluding steroid dienone is 1. The SMILES string of the molecule is CC1=CC(c2nccn2Cc2ccccc2)C(=O)N=N1. The normalized spacial score (nSPS) is 18.1. The van der Waals surface area contributed by atoms with Crippen LogP contribution in [0.3, 0.4) is 0 Å².